The van der Waals surface area contributed by atoms with Gasteiger partial charge < -0.3 is 15.2 Å². The number of aromatic carboxylic acids is 1. The van der Waals surface area contributed by atoms with Crippen LogP contribution in [0.4, 0.5) is 0 Å². The van der Waals surface area contributed by atoms with Crippen LogP contribution in [0, 0.1) is 6.92 Å². The molecule has 4 heteroatoms. The van der Waals surface area contributed by atoms with Gasteiger partial charge in [-0.2, -0.15) is 0 Å². The highest BCUT2D eigenvalue weighted by molar-refractivity contribution is 5.87. The Morgan fingerprint density at radius 1 is 1.18 bits per heavy atom. The van der Waals surface area contributed by atoms with E-state index in [1.807, 2.05) is 37.3 Å². The van der Waals surface area contributed by atoms with Gasteiger partial charge in [0.15, 0.2) is 0 Å². The second kappa shape index (κ2) is 8.20. The Kier molecular flexibility index (Phi) is 5.98. The molecule has 0 saturated heterocycles. The van der Waals surface area contributed by atoms with E-state index in [2.05, 4.69) is 5.32 Å². The molecule has 2 aromatic carbocycles. The van der Waals surface area contributed by atoms with Crippen molar-refractivity contribution in [3.63, 3.8) is 0 Å². The van der Waals surface area contributed by atoms with E-state index in [-0.39, 0.29) is 0 Å². The number of carboxylic acids is 1. The molecule has 0 bridgehead atoms. The van der Waals surface area contributed by atoms with Gasteiger partial charge >= 0.3 is 5.97 Å². The number of aryl methyl sites for hydroxylation is 1. The first-order chi connectivity index (χ1) is 10.7. The van der Waals surface area contributed by atoms with Gasteiger partial charge in [0.1, 0.15) is 5.75 Å². The maximum atomic E-state index is 10.9. The summed E-state index contributed by atoms with van der Waals surface area (Å²) >= 11 is 0. The molecule has 0 aliphatic rings. The van der Waals surface area contributed by atoms with E-state index in [9.17, 15) is 4.79 Å². The van der Waals surface area contributed by atoms with Crippen LogP contribution in [0.3, 0.4) is 0 Å². The zero-order chi connectivity index (χ0) is 15.8. The molecule has 2 rings (SSSR count). The first-order valence-electron chi connectivity index (χ1n) is 7.38. The fraction of sp³-hybridized carbons (Fsp3) is 0.278. The maximum Gasteiger partial charge on any atom is 0.335 e. The standard InChI is InChI=1S/C18H21NO3/c1-14-6-2-3-9-17(14)22-11-5-10-19-13-15-7-4-8-16(12-15)18(20)21/h2-4,6-9,12,19H,5,10-11,13H2,1H3,(H,20,21). The van der Waals surface area contributed by atoms with E-state index < -0.39 is 5.97 Å². The number of hydrogen-bond acceptors (Lipinski definition) is 3. The fourth-order valence-electron chi connectivity index (χ4n) is 2.14. The van der Waals surface area contributed by atoms with Crippen LogP contribution < -0.4 is 10.1 Å². The summed E-state index contributed by atoms with van der Waals surface area (Å²) in [5.74, 6) is 0.0325. The molecule has 0 aromatic heterocycles. The number of benzene rings is 2. The molecule has 116 valence electrons. The van der Waals surface area contributed by atoms with Gasteiger partial charge in [0.25, 0.3) is 0 Å². The highest BCUT2D eigenvalue weighted by Gasteiger charge is 2.02. The summed E-state index contributed by atoms with van der Waals surface area (Å²) in [4.78, 5) is 10.9. The largest absolute Gasteiger partial charge is 0.493 e. The maximum absolute atomic E-state index is 10.9. The molecule has 0 radical (unpaired) electrons. The van der Waals surface area contributed by atoms with E-state index >= 15 is 0 Å². The molecule has 22 heavy (non-hydrogen) atoms. The zero-order valence-electron chi connectivity index (χ0n) is 12.7. The highest BCUT2D eigenvalue weighted by atomic mass is 16.5. The van der Waals surface area contributed by atoms with Crippen molar-refractivity contribution < 1.29 is 14.6 Å². The number of carboxylic acid groups (broad SMARTS) is 1. The van der Waals surface area contributed by atoms with Crippen LogP contribution in [0.5, 0.6) is 5.75 Å². The molecule has 0 aliphatic carbocycles. The van der Waals surface area contributed by atoms with Gasteiger partial charge in [0.05, 0.1) is 12.2 Å². The normalized spacial score (nSPS) is 10.4. The molecule has 0 heterocycles. The summed E-state index contributed by atoms with van der Waals surface area (Å²) in [6, 6.07) is 14.9. The Hall–Kier alpha value is -2.33. The summed E-state index contributed by atoms with van der Waals surface area (Å²) in [6.45, 7) is 4.17. The van der Waals surface area contributed by atoms with E-state index in [1.165, 1.54) is 0 Å². The summed E-state index contributed by atoms with van der Waals surface area (Å²) in [5, 5.41) is 12.2. The number of para-hydroxylation sites is 1. The Morgan fingerprint density at radius 3 is 2.77 bits per heavy atom. The van der Waals surface area contributed by atoms with Gasteiger partial charge in [0, 0.05) is 6.54 Å². The summed E-state index contributed by atoms with van der Waals surface area (Å²) in [5.41, 5.74) is 2.43. The number of hydrogen-bond donors (Lipinski definition) is 2. The molecule has 2 N–H and O–H groups in total. The monoisotopic (exact) mass is 299 g/mol. The van der Waals surface area contributed by atoms with Crippen LogP contribution in [0.2, 0.25) is 0 Å². The molecule has 0 atom stereocenters. The van der Waals surface area contributed by atoms with Crippen LogP contribution in [0.1, 0.15) is 27.9 Å². The van der Waals surface area contributed by atoms with Crippen molar-refractivity contribution in [1.29, 1.82) is 0 Å². The smallest absolute Gasteiger partial charge is 0.335 e. The van der Waals surface area contributed by atoms with E-state index in [4.69, 9.17) is 9.84 Å². The third-order valence-corrected chi connectivity index (χ3v) is 3.35. The topological polar surface area (TPSA) is 58.6 Å². The molecule has 4 nitrogen and oxygen atoms in total. The zero-order valence-corrected chi connectivity index (χ0v) is 12.7. The highest BCUT2D eigenvalue weighted by Crippen LogP contribution is 2.16. The quantitative estimate of drug-likeness (QED) is 0.735. The number of carbonyl (C=O) groups is 1. The minimum absolute atomic E-state index is 0.321. The predicted molar refractivity (Wildman–Crippen MR) is 86.4 cm³/mol. The molecule has 0 unspecified atom stereocenters. The number of rotatable bonds is 8. The molecule has 0 spiro atoms. The summed E-state index contributed by atoms with van der Waals surface area (Å²) < 4.78 is 5.72. The van der Waals surface area contributed by atoms with Crippen LogP contribution in [-0.2, 0) is 6.54 Å². The van der Waals surface area contributed by atoms with E-state index in [1.54, 1.807) is 18.2 Å². The first-order valence-corrected chi connectivity index (χ1v) is 7.38. The Morgan fingerprint density at radius 2 is 2.00 bits per heavy atom. The van der Waals surface area contributed by atoms with Crippen molar-refractivity contribution in [2.24, 2.45) is 0 Å². The minimum atomic E-state index is -0.895. The molecule has 2 aromatic rings. The van der Waals surface area contributed by atoms with Gasteiger partial charge in [0.2, 0.25) is 0 Å². The van der Waals surface area contributed by atoms with Crippen molar-refractivity contribution >= 4 is 5.97 Å². The first kappa shape index (κ1) is 16.0. The summed E-state index contributed by atoms with van der Waals surface area (Å²) in [7, 11) is 0. The second-order valence-electron chi connectivity index (χ2n) is 5.15. The average Bonchev–Trinajstić information content (AvgIpc) is 2.52. The Labute approximate surface area is 130 Å². The third-order valence-electron chi connectivity index (χ3n) is 3.35. The van der Waals surface area contributed by atoms with Crippen LogP contribution in [-0.4, -0.2) is 24.2 Å². The minimum Gasteiger partial charge on any atom is -0.493 e. The van der Waals surface area contributed by atoms with E-state index in [0.29, 0.717) is 18.7 Å². The third kappa shape index (κ3) is 4.90. The van der Waals surface area contributed by atoms with Gasteiger partial charge in [-0.25, -0.2) is 4.79 Å². The molecular formula is C18H21NO3. The predicted octanol–water partition coefficient (Wildman–Crippen LogP) is 3.25. The van der Waals surface area contributed by atoms with Gasteiger partial charge in [-0.1, -0.05) is 30.3 Å². The lowest BCUT2D eigenvalue weighted by atomic mass is 10.1. The Bertz CT molecular complexity index is 625. The molecule has 0 aliphatic heterocycles. The lowest BCUT2D eigenvalue weighted by Gasteiger charge is -2.09. The van der Waals surface area contributed by atoms with E-state index in [0.717, 1.165) is 29.8 Å². The molecule has 0 saturated carbocycles. The average molecular weight is 299 g/mol. The lowest BCUT2D eigenvalue weighted by Crippen LogP contribution is -2.17. The van der Waals surface area contributed by atoms with Crippen molar-refractivity contribution in [2.75, 3.05) is 13.2 Å². The fourth-order valence-corrected chi connectivity index (χ4v) is 2.14. The van der Waals surface area contributed by atoms with Crippen molar-refractivity contribution in [1.82, 2.24) is 5.32 Å². The van der Waals surface area contributed by atoms with Crippen LogP contribution >= 0.6 is 0 Å². The lowest BCUT2D eigenvalue weighted by molar-refractivity contribution is 0.0696. The van der Waals surface area contributed by atoms with Gasteiger partial charge in [-0.05, 0) is 49.2 Å². The molecule has 0 amide bonds. The summed E-state index contributed by atoms with van der Waals surface area (Å²) in [6.07, 6.45) is 0.896. The number of nitrogens with one attached hydrogen (secondary N) is 1. The van der Waals surface area contributed by atoms with Gasteiger partial charge in [-0.15, -0.1) is 0 Å². The Balaban J connectivity index is 1.66. The van der Waals surface area contributed by atoms with Crippen molar-refractivity contribution in [3.05, 3.63) is 65.2 Å². The molecular weight excluding hydrogens is 278 g/mol. The molecule has 0 fully saturated rings. The van der Waals surface area contributed by atoms with Crippen LogP contribution in [0.25, 0.3) is 0 Å². The van der Waals surface area contributed by atoms with Crippen molar-refractivity contribution in [2.45, 2.75) is 19.9 Å². The van der Waals surface area contributed by atoms with Crippen molar-refractivity contribution in [3.8, 4) is 5.75 Å². The second-order valence-corrected chi connectivity index (χ2v) is 5.15. The van der Waals surface area contributed by atoms with Gasteiger partial charge in [-0.3, -0.25) is 0 Å². The number of ether oxygens (including phenoxy) is 1. The van der Waals surface area contributed by atoms with Crippen LogP contribution in [0.15, 0.2) is 48.5 Å². The SMILES string of the molecule is Cc1ccccc1OCCCNCc1cccc(C(=O)O)c1.